The second-order valence-electron chi connectivity index (χ2n) is 6.79. The van der Waals surface area contributed by atoms with Crippen LogP contribution in [0.15, 0.2) is 59.1 Å². The van der Waals surface area contributed by atoms with Crippen LogP contribution in [0, 0.1) is 6.92 Å². The van der Waals surface area contributed by atoms with Crippen molar-refractivity contribution >= 4 is 11.9 Å². The summed E-state index contributed by atoms with van der Waals surface area (Å²) >= 11 is 0. The van der Waals surface area contributed by atoms with Crippen molar-refractivity contribution in [1.29, 1.82) is 0 Å². The summed E-state index contributed by atoms with van der Waals surface area (Å²) in [7, 11) is 0. The monoisotopic (exact) mass is 411 g/mol. The minimum absolute atomic E-state index is 0.129. The Hall–Kier alpha value is -3.69. The summed E-state index contributed by atoms with van der Waals surface area (Å²) in [6.07, 6.45) is -1.71. The number of nitrogens with one attached hydrogen (secondary N) is 1. The zero-order valence-electron chi connectivity index (χ0n) is 16.1. The molecule has 3 rings (SSSR count). The van der Waals surface area contributed by atoms with Crippen LogP contribution in [0.1, 0.15) is 21.7 Å². The van der Waals surface area contributed by atoms with Gasteiger partial charge in [-0.25, -0.2) is 9.80 Å². The highest BCUT2D eigenvalue weighted by molar-refractivity contribution is 5.91. The molecule has 1 unspecified atom stereocenters. The minimum Gasteiger partial charge on any atom is -0.491 e. The molecule has 1 aromatic heterocycles. The number of carbonyl (C=O) groups excluding carboxylic acids is 1. The van der Waals surface area contributed by atoms with E-state index in [0.29, 0.717) is 0 Å². The van der Waals surface area contributed by atoms with E-state index in [0.717, 1.165) is 28.3 Å². The molecular weight excluding hydrogens is 390 g/mol. The molecule has 0 aliphatic rings. The van der Waals surface area contributed by atoms with Gasteiger partial charge < -0.3 is 19.8 Å². The van der Waals surface area contributed by atoms with Crippen LogP contribution < -0.4 is 5.43 Å². The van der Waals surface area contributed by atoms with Gasteiger partial charge in [0.05, 0.1) is 12.6 Å². The van der Waals surface area contributed by atoms with Crippen molar-refractivity contribution in [3.8, 4) is 17.0 Å². The second kappa shape index (κ2) is 9.21. The van der Waals surface area contributed by atoms with Gasteiger partial charge in [0.15, 0.2) is 6.10 Å². The van der Waals surface area contributed by atoms with Crippen LogP contribution >= 0.6 is 0 Å². The van der Waals surface area contributed by atoms with Crippen molar-refractivity contribution in [2.24, 2.45) is 0 Å². The second-order valence-corrected chi connectivity index (χ2v) is 6.79. The van der Waals surface area contributed by atoms with Gasteiger partial charge in [-0.05, 0) is 28.8 Å². The first-order valence-corrected chi connectivity index (χ1v) is 9.10. The Bertz CT molecular complexity index is 1030. The third-order valence-corrected chi connectivity index (χ3v) is 4.34. The van der Waals surface area contributed by atoms with Crippen molar-refractivity contribution in [3.05, 3.63) is 71.5 Å². The first-order valence-electron chi connectivity index (χ1n) is 9.10. The van der Waals surface area contributed by atoms with Gasteiger partial charge in [0.25, 0.3) is 5.88 Å². The predicted molar refractivity (Wildman–Crippen MR) is 106 cm³/mol. The normalized spacial score (nSPS) is 12.0. The molecule has 1 amide bonds. The number of carboxylic acid groups (broad SMARTS) is 1. The number of hydrogen-bond donors (Lipinski definition) is 4. The number of hydrazine groups is 1. The van der Waals surface area contributed by atoms with Crippen molar-refractivity contribution in [2.45, 2.75) is 19.6 Å². The molecule has 9 nitrogen and oxygen atoms in total. The van der Waals surface area contributed by atoms with Crippen molar-refractivity contribution in [2.75, 3.05) is 6.54 Å². The number of aliphatic hydroxyl groups excluding tert-OH is 1. The fourth-order valence-corrected chi connectivity index (χ4v) is 2.86. The summed E-state index contributed by atoms with van der Waals surface area (Å²) in [6.45, 7) is 1.78. The quantitative estimate of drug-likeness (QED) is 0.413. The maximum atomic E-state index is 12.3. The molecule has 0 fully saturated rings. The van der Waals surface area contributed by atoms with E-state index in [1.54, 1.807) is 0 Å². The molecule has 0 aliphatic heterocycles. The van der Waals surface area contributed by atoms with E-state index in [-0.39, 0.29) is 18.8 Å². The molecular formula is C21H21N3O6. The average Bonchev–Trinajstić information content (AvgIpc) is 3.15. The number of carbonyl (C=O) groups is 2. The number of aromatic nitrogens is 1. The van der Waals surface area contributed by atoms with Crippen LogP contribution in [0.3, 0.4) is 0 Å². The Morgan fingerprint density at radius 1 is 1.13 bits per heavy atom. The van der Waals surface area contributed by atoms with Crippen molar-refractivity contribution in [3.63, 3.8) is 0 Å². The number of amides is 1. The minimum atomic E-state index is -1.71. The van der Waals surface area contributed by atoms with E-state index < -0.39 is 23.9 Å². The maximum Gasteiger partial charge on any atom is 0.333 e. The molecule has 0 saturated heterocycles. The van der Waals surface area contributed by atoms with Crippen LogP contribution in [-0.2, 0) is 11.3 Å². The Kier molecular flexibility index (Phi) is 6.45. The lowest BCUT2D eigenvalue weighted by atomic mass is 10.0. The molecule has 9 heteroatoms. The topological polar surface area (TPSA) is 136 Å². The summed E-state index contributed by atoms with van der Waals surface area (Å²) in [5.41, 5.74) is 6.47. The Morgan fingerprint density at radius 2 is 1.87 bits per heavy atom. The fourth-order valence-electron chi connectivity index (χ4n) is 2.86. The number of benzene rings is 2. The molecule has 0 aliphatic carbocycles. The standard InChI is InChI=1S/C21H21N3O6/c1-13-3-2-4-16(9-13)15-7-5-14(6-8-15)11-24(12-17(25)21(28)29)22-20(27)18-10-19(26)23-30-18/h2-10,17,25H,11-12H2,1H3,(H,22,27)(H,23,26)(H,28,29). The fraction of sp³-hybridized carbons (Fsp3) is 0.190. The summed E-state index contributed by atoms with van der Waals surface area (Å²) in [4.78, 5) is 23.3. The van der Waals surface area contributed by atoms with Gasteiger partial charge in [-0.3, -0.25) is 10.2 Å². The average molecular weight is 411 g/mol. The highest BCUT2D eigenvalue weighted by atomic mass is 16.5. The molecule has 0 bridgehead atoms. The van der Waals surface area contributed by atoms with Gasteiger partial charge in [0, 0.05) is 6.54 Å². The smallest absolute Gasteiger partial charge is 0.333 e. The molecule has 0 radical (unpaired) electrons. The van der Waals surface area contributed by atoms with E-state index in [9.17, 15) is 19.8 Å². The van der Waals surface area contributed by atoms with E-state index in [4.69, 9.17) is 5.11 Å². The lowest BCUT2D eigenvalue weighted by Crippen LogP contribution is -2.47. The first-order chi connectivity index (χ1) is 14.3. The molecule has 0 saturated carbocycles. The molecule has 3 aromatic rings. The Labute approximate surface area is 172 Å². The lowest BCUT2D eigenvalue weighted by Gasteiger charge is -2.24. The summed E-state index contributed by atoms with van der Waals surface area (Å²) in [5, 5.41) is 32.4. The number of aryl methyl sites for hydroxylation is 1. The third kappa shape index (κ3) is 5.43. The van der Waals surface area contributed by atoms with E-state index in [2.05, 4.69) is 21.2 Å². The van der Waals surface area contributed by atoms with Gasteiger partial charge >= 0.3 is 11.9 Å². The molecule has 4 N–H and O–H groups in total. The van der Waals surface area contributed by atoms with Crippen LogP contribution in [0.4, 0.5) is 0 Å². The number of carboxylic acids is 1. The van der Waals surface area contributed by atoms with Gasteiger partial charge in [0.2, 0.25) is 5.76 Å². The van der Waals surface area contributed by atoms with Gasteiger partial charge in [0.1, 0.15) is 0 Å². The summed E-state index contributed by atoms with van der Waals surface area (Å²) in [5.74, 6) is -2.86. The van der Waals surface area contributed by atoms with Gasteiger partial charge in [-0.2, -0.15) is 0 Å². The molecule has 1 heterocycles. The van der Waals surface area contributed by atoms with Crippen LogP contribution in [0.25, 0.3) is 11.1 Å². The zero-order valence-corrected chi connectivity index (χ0v) is 16.1. The van der Waals surface area contributed by atoms with Crippen LogP contribution in [0.2, 0.25) is 0 Å². The van der Waals surface area contributed by atoms with E-state index in [1.807, 2.05) is 49.4 Å². The largest absolute Gasteiger partial charge is 0.491 e. The third-order valence-electron chi connectivity index (χ3n) is 4.34. The number of rotatable bonds is 8. The number of hydrogen-bond acceptors (Lipinski definition) is 7. The number of aliphatic hydroxyl groups is 1. The van der Waals surface area contributed by atoms with E-state index >= 15 is 0 Å². The predicted octanol–water partition coefficient (Wildman–Crippen LogP) is 1.95. The Balaban J connectivity index is 1.74. The first kappa shape index (κ1) is 21.0. The summed E-state index contributed by atoms with van der Waals surface area (Å²) in [6, 6.07) is 16.6. The summed E-state index contributed by atoms with van der Waals surface area (Å²) < 4.78 is 4.69. The highest BCUT2D eigenvalue weighted by Crippen LogP contribution is 2.21. The van der Waals surface area contributed by atoms with Crippen molar-refractivity contribution in [1.82, 2.24) is 15.6 Å². The molecule has 2 aromatic carbocycles. The van der Waals surface area contributed by atoms with Crippen molar-refractivity contribution < 1.29 is 29.4 Å². The van der Waals surface area contributed by atoms with Gasteiger partial charge in [-0.15, -0.1) is 0 Å². The van der Waals surface area contributed by atoms with Gasteiger partial charge in [-0.1, -0.05) is 54.1 Å². The Morgan fingerprint density at radius 3 is 2.47 bits per heavy atom. The highest BCUT2D eigenvalue weighted by Gasteiger charge is 2.22. The molecule has 156 valence electrons. The van der Waals surface area contributed by atoms with E-state index in [1.165, 1.54) is 5.01 Å². The van der Waals surface area contributed by atoms with Crippen LogP contribution in [0.5, 0.6) is 5.88 Å². The molecule has 1 atom stereocenters. The number of aliphatic carboxylic acids is 1. The lowest BCUT2D eigenvalue weighted by molar-refractivity contribution is -0.148. The van der Waals surface area contributed by atoms with Crippen LogP contribution in [-0.4, -0.2) is 50.0 Å². The number of nitrogens with zero attached hydrogens (tertiary/aromatic N) is 2. The number of aromatic hydroxyl groups is 1. The molecule has 0 spiro atoms. The zero-order chi connectivity index (χ0) is 21.7. The SMILES string of the molecule is Cc1cccc(-c2ccc(CN(CC(O)C(=O)O)NC(=O)c3cc(O)no3)cc2)c1. The maximum absolute atomic E-state index is 12.3. The molecule has 30 heavy (non-hydrogen) atoms.